The number of hydrogen-bond donors (Lipinski definition) is 1. The van der Waals surface area contributed by atoms with E-state index in [1.165, 1.54) is 0 Å². The Morgan fingerprint density at radius 2 is 1.81 bits per heavy atom. The van der Waals surface area contributed by atoms with Gasteiger partial charge in [-0.15, -0.1) is 0 Å². The Hall–Kier alpha value is -1.59. The van der Waals surface area contributed by atoms with Crippen molar-refractivity contribution in [3.05, 3.63) is 59.1 Å². The van der Waals surface area contributed by atoms with Gasteiger partial charge in [-0.05, 0) is 23.8 Å². The predicted octanol–water partition coefficient (Wildman–Crippen LogP) is 4.84. The molecule has 0 aliphatic carbocycles. The zero-order chi connectivity index (χ0) is 15.2. The van der Waals surface area contributed by atoms with Crippen LogP contribution >= 0.6 is 23.4 Å². The average molecular weight is 328 g/mol. The number of para-hydroxylation sites is 1. The molecular formula is C15H12ClF2NOS. The molecule has 0 aliphatic heterocycles. The molecule has 0 spiro atoms. The van der Waals surface area contributed by atoms with Crippen LogP contribution in [0.25, 0.3) is 0 Å². The molecule has 6 heteroatoms. The van der Waals surface area contributed by atoms with Crippen LogP contribution in [0, 0.1) is 0 Å². The number of nitrogens with one attached hydrogen (secondary N) is 1. The van der Waals surface area contributed by atoms with Gasteiger partial charge in [-0.2, -0.15) is 8.78 Å². The van der Waals surface area contributed by atoms with E-state index in [-0.39, 0.29) is 12.3 Å². The molecule has 2 nitrogen and oxygen atoms in total. The van der Waals surface area contributed by atoms with Crippen molar-refractivity contribution in [2.45, 2.75) is 17.1 Å². The van der Waals surface area contributed by atoms with Crippen LogP contribution in [0.4, 0.5) is 14.5 Å². The van der Waals surface area contributed by atoms with E-state index in [0.717, 1.165) is 0 Å². The largest absolute Gasteiger partial charge is 0.325 e. The molecule has 0 saturated carbocycles. The fourth-order valence-electron chi connectivity index (χ4n) is 1.78. The Labute approximate surface area is 130 Å². The molecule has 0 saturated heterocycles. The van der Waals surface area contributed by atoms with E-state index in [2.05, 4.69) is 5.32 Å². The molecule has 1 N–H and O–H groups in total. The number of hydrogen-bond acceptors (Lipinski definition) is 2. The van der Waals surface area contributed by atoms with Gasteiger partial charge in [-0.1, -0.05) is 53.7 Å². The first-order chi connectivity index (χ1) is 10.1. The number of benzene rings is 2. The molecule has 21 heavy (non-hydrogen) atoms. The number of carbonyl (C=O) groups excluding carboxylic acids is 1. The SMILES string of the molecule is O=C(Cc1ccccc1Cl)Nc1ccccc1SC(F)F. The fraction of sp³-hybridized carbons (Fsp3) is 0.133. The minimum Gasteiger partial charge on any atom is -0.325 e. The zero-order valence-electron chi connectivity index (χ0n) is 10.9. The summed E-state index contributed by atoms with van der Waals surface area (Å²) in [6.07, 6.45) is 0.0906. The van der Waals surface area contributed by atoms with Crippen LogP contribution in [0.1, 0.15) is 5.56 Å². The van der Waals surface area contributed by atoms with Gasteiger partial charge in [0.25, 0.3) is 5.76 Å². The maximum Gasteiger partial charge on any atom is 0.288 e. The summed E-state index contributed by atoms with van der Waals surface area (Å²) in [7, 11) is 0. The molecule has 110 valence electrons. The number of amides is 1. The van der Waals surface area contributed by atoms with E-state index in [1.807, 2.05) is 0 Å². The van der Waals surface area contributed by atoms with Gasteiger partial charge >= 0.3 is 0 Å². The van der Waals surface area contributed by atoms with E-state index < -0.39 is 5.76 Å². The first-order valence-electron chi connectivity index (χ1n) is 6.13. The minimum atomic E-state index is -2.54. The summed E-state index contributed by atoms with van der Waals surface area (Å²) in [5.41, 5.74) is 1.07. The molecule has 2 aromatic rings. The molecule has 0 radical (unpaired) electrons. The molecule has 1 amide bonds. The van der Waals surface area contributed by atoms with Gasteiger partial charge in [-0.3, -0.25) is 4.79 Å². The monoisotopic (exact) mass is 327 g/mol. The van der Waals surface area contributed by atoms with Crippen LogP contribution < -0.4 is 5.32 Å². The molecule has 0 unspecified atom stereocenters. The molecule has 0 fully saturated rings. The lowest BCUT2D eigenvalue weighted by Gasteiger charge is -2.10. The van der Waals surface area contributed by atoms with Crippen LogP contribution in [0.2, 0.25) is 5.02 Å². The second-order valence-corrected chi connectivity index (χ2v) is 5.63. The normalized spacial score (nSPS) is 10.7. The van der Waals surface area contributed by atoms with Crippen molar-refractivity contribution in [2.75, 3.05) is 5.32 Å². The highest BCUT2D eigenvalue weighted by atomic mass is 35.5. The van der Waals surface area contributed by atoms with Crippen molar-refractivity contribution < 1.29 is 13.6 Å². The van der Waals surface area contributed by atoms with Crippen LogP contribution in [-0.4, -0.2) is 11.7 Å². The van der Waals surface area contributed by atoms with Crippen molar-refractivity contribution >= 4 is 35.0 Å². The fourth-order valence-corrected chi connectivity index (χ4v) is 2.58. The van der Waals surface area contributed by atoms with E-state index >= 15 is 0 Å². The molecule has 0 aromatic heterocycles. The number of carbonyl (C=O) groups is 1. The van der Waals surface area contributed by atoms with Gasteiger partial charge in [0.1, 0.15) is 0 Å². The lowest BCUT2D eigenvalue weighted by Crippen LogP contribution is -2.15. The van der Waals surface area contributed by atoms with Crippen molar-refractivity contribution in [3.8, 4) is 0 Å². The molecule has 2 rings (SSSR count). The van der Waals surface area contributed by atoms with Crippen LogP contribution in [0.15, 0.2) is 53.4 Å². The maximum absolute atomic E-state index is 12.5. The highest BCUT2D eigenvalue weighted by Gasteiger charge is 2.12. The molecule has 2 aromatic carbocycles. The average Bonchev–Trinajstić information content (AvgIpc) is 2.43. The molecular weight excluding hydrogens is 316 g/mol. The summed E-state index contributed by atoms with van der Waals surface area (Å²) >= 11 is 6.39. The number of thioether (sulfide) groups is 1. The third-order valence-electron chi connectivity index (χ3n) is 2.69. The lowest BCUT2D eigenvalue weighted by molar-refractivity contribution is -0.115. The Balaban J connectivity index is 2.08. The summed E-state index contributed by atoms with van der Waals surface area (Å²) in [5, 5.41) is 3.14. The Morgan fingerprint density at radius 1 is 1.14 bits per heavy atom. The van der Waals surface area contributed by atoms with E-state index in [0.29, 0.717) is 32.9 Å². The Morgan fingerprint density at radius 3 is 2.52 bits per heavy atom. The highest BCUT2D eigenvalue weighted by Crippen LogP contribution is 2.31. The van der Waals surface area contributed by atoms with Gasteiger partial charge in [0, 0.05) is 9.92 Å². The van der Waals surface area contributed by atoms with Crippen molar-refractivity contribution in [3.63, 3.8) is 0 Å². The maximum atomic E-state index is 12.5. The Bertz CT molecular complexity index is 637. The van der Waals surface area contributed by atoms with Crippen LogP contribution in [-0.2, 0) is 11.2 Å². The molecule has 0 aliphatic rings. The van der Waals surface area contributed by atoms with Gasteiger partial charge in [-0.25, -0.2) is 0 Å². The summed E-state index contributed by atoms with van der Waals surface area (Å²) in [5.74, 6) is -2.84. The number of anilines is 1. The summed E-state index contributed by atoms with van der Waals surface area (Å²) in [6, 6.07) is 13.5. The van der Waals surface area contributed by atoms with Crippen LogP contribution in [0.3, 0.4) is 0 Å². The first-order valence-corrected chi connectivity index (χ1v) is 7.39. The lowest BCUT2D eigenvalue weighted by atomic mass is 10.1. The zero-order valence-corrected chi connectivity index (χ0v) is 12.4. The summed E-state index contributed by atoms with van der Waals surface area (Å²) in [4.78, 5) is 12.3. The topological polar surface area (TPSA) is 29.1 Å². The molecule has 0 atom stereocenters. The number of halogens is 3. The Kier molecular flexibility index (Phi) is 5.59. The number of rotatable bonds is 5. The second kappa shape index (κ2) is 7.43. The van der Waals surface area contributed by atoms with Crippen molar-refractivity contribution in [2.24, 2.45) is 0 Å². The van der Waals surface area contributed by atoms with E-state index in [4.69, 9.17) is 11.6 Å². The van der Waals surface area contributed by atoms with Gasteiger partial charge in [0.15, 0.2) is 0 Å². The first kappa shape index (κ1) is 15.8. The summed E-state index contributed by atoms with van der Waals surface area (Å²) in [6.45, 7) is 0. The molecule has 0 bridgehead atoms. The number of alkyl halides is 2. The van der Waals surface area contributed by atoms with Gasteiger partial charge in [0.2, 0.25) is 5.91 Å². The highest BCUT2D eigenvalue weighted by molar-refractivity contribution is 7.99. The van der Waals surface area contributed by atoms with Gasteiger partial charge < -0.3 is 5.32 Å². The van der Waals surface area contributed by atoms with Crippen molar-refractivity contribution in [1.82, 2.24) is 0 Å². The smallest absolute Gasteiger partial charge is 0.288 e. The van der Waals surface area contributed by atoms with Gasteiger partial charge in [0.05, 0.1) is 12.1 Å². The molecule has 0 heterocycles. The van der Waals surface area contributed by atoms with E-state index in [9.17, 15) is 13.6 Å². The second-order valence-electron chi connectivity index (χ2n) is 4.19. The standard InChI is InChI=1S/C15H12ClF2NOS/c16-11-6-2-1-5-10(11)9-14(20)19-12-7-3-4-8-13(12)21-15(17)18/h1-8,15H,9H2,(H,19,20). The third kappa shape index (κ3) is 4.72. The quantitative estimate of drug-likeness (QED) is 0.796. The summed E-state index contributed by atoms with van der Waals surface area (Å²) < 4.78 is 24.9. The minimum absolute atomic E-state index is 0.0906. The van der Waals surface area contributed by atoms with Crippen LogP contribution in [0.5, 0.6) is 0 Å². The van der Waals surface area contributed by atoms with E-state index in [1.54, 1.807) is 48.5 Å². The third-order valence-corrected chi connectivity index (χ3v) is 3.84. The predicted molar refractivity (Wildman–Crippen MR) is 82.1 cm³/mol. The van der Waals surface area contributed by atoms with Crippen molar-refractivity contribution in [1.29, 1.82) is 0 Å².